The lowest BCUT2D eigenvalue weighted by Crippen LogP contribution is -2.46. The maximum Gasteiger partial charge on any atom is 0.407 e. The van der Waals surface area contributed by atoms with Crippen LogP contribution in [0.3, 0.4) is 0 Å². The van der Waals surface area contributed by atoms with E-state index in [9.17, 15) is 23.7 Å². The number of rotatable bonds is 5. The van der Waals surface area contributed by atoms with E-state index in [0.717, 1.165) is 12.1 Å². The second-order valence-corrected chi connectivity index (χ2v) is 6.63. The lowest BCUT2D eigenvalue weighted by molar-refractivity contribution is -0.387. The van der Waals surface area contributed by atoms with Gasteiger partial charge in [0.25, 0.3) is 0 Å². The van der Waals surface area contributed by atoms with Gasteiger partial charge in [0, 0.05) is 30.1 Å². The first-order valence-electron chi connectivity index (χ1n) is 7.21. The van der Waals surface area contributed by atoms with Crippen LogP contribution in [0.5, 0.6) is 0 Å². The summed E-state index contributed by atoms with van der Waals surface area (Å²) in [6.45, 7) is 5.87. The molecule has 3 N–H and O–H groups in total. The van der Waals surface area contributed by atoms with Crippen LogP contribution in [0.4, 0.5) is 19.3 Å². The van der Waals surface area contributed by atoms with E-state index in [2.05, 4.69) is 5.32 Å². The summed E-state index contributed by atoms with van der Waals surface area (Å²) >= 11 is 0. The summed E-state index contributed by atoms with van der Waals surface area (Å²) in [4.78, 5) is 21.6. The van der Waals surface area contributed by atoms with Crippen LogP contribution < -0.4 is 11.1 Å². The molecule has 7 nitrogen and oxygen atoms in total. The van der Waals surface area contributed by atoms with Gasteiger partial charge in [-0.05, 0) is 26.8 Å². The van der Waals surface area contributed by atoms with Crippen LogP contribution in [0.1, 0.15) is 33.3 Å². The lowest BCUT2D eigenvalue weighted by atomic mass is 9.81. The summed E-state index contributed by atoms with van der Waals surface area (Å²) in [5, 5.41) is 13.2. The standard InChI is InChI=1S/C15H21F2N3O4/c1-14(2,3)24-13(21)19-8-15(4,7-18)11-9(16)5-6-10(12(11)17)20(22)23/h5-6H,7-8,18H2,1-4H3,(H,19,21). The molecule has 0 radical (unpaired) electrons. The Bertz CT molecular complexity index is 646. The largest absolute Gasteiger partial charge is 0.444 e. The van der Waals surface area contributed by atoms with Crippen molar-refractivity contribution in [1.29, 1.82) is 0 Å². The number of nitro benzene ring substituents is 1. The van der Waals surface area contributed by atoms with E-state index in [1.54, 1.807) is 20.8 Å². The maximum atomic E-state index is 14.4. The minimum Gasteiger partial charge on any atom is -0.444 e. The molecule has 1 rings (SSSR count). The van der Waals surface area contributed by atoms with Crippen LogP contribution >= 0.6 is 0 Å². The first-order valence-corrected chi connectivity index (χ1v) is 7.21. The number of nitro groups is 1. The SMILES string of the molecule is CC(C)(C)OC(=O)NCC(C)(CN)c1c(F)ccc([N+](=O)[O-])c1F. The molecule has 1 aromatic carbocycles. The van der Waals surface area contributed by atoms with E-state index in [0.29, 0.717) is 0 Å². The molecule has 9 heteroatoms. The maximum absolute atomic E-state index is 14.4. The zero-order chi connectivity index (χ0) is 18.7. The predicted octanol–water partition coefficient (Wildman–Crippen LogP) is 2.61. The number of halogens is 2. The monoisotopic (exact) mass is 345 g/mol. The molecule has 0 aliphatic rings. The Balaban J connectivity index is 3.13. The minimum atomic E-state index is -1.39. The van der Waals surface area contributed by atoms with Crippen LogP contribution in [0.2, 0.25) is 0 Å². The van der Waals surface area contributed by atoms with Crippen molar-refractivity contribution in [3.8, 4) is 0 Å². The summed E-state index contributed by atoms with van der Waals surface area (Å²) in [6.07, 6.45) is -0.784. The third-order valence-corrected chi connectivity index (χ3v) is 3.34. The molecule has 0 aliphatic heterocycles. The molecule has 0 bridgehead atoms. The van der Waals surface area contributed by atoms with Crippen molar-refractivity contribution in [2.24, 2.45) is 5.73 Å². The highest BCUT2D eigenvalue weighted by Gasteiger charge is 2.36. The lowest BCUT2D eigenvalue weighted by Gasteiger charge is -2.30. The number of amides is 1. The average Bonchev–Trinajstić information content (AvgIpc) is 2.43. The highest BCUT2D eigenvalue weighted by molar-refractivity contribution is 5.68. The summed E-state index contributed by atoms with van der Waals surface area (Å²) < 4.78 is 33.5. The van der Waals surface area contributed by atoms with Crippen molar-refractivity contribution in [2.75, 3.05) is 13.1 Å². The Hall–Kier alpha value is -2.29. The first-order chi connectivity index (χ1) is 10.9. The predicted molar refractivity (Wildman–Crippen MR) is 83.7 cm³/mol. The summed E-state index contributed by atoms with van der Waals surface area (Å²) in [5.41, 5.74) is 2.08. The van der Waals surface area contributed by atoms with Crippen molar-refractivity contribution in [3.63, 3.8) is 0 Å². The molecule has 1 amide bonds. The average molecular weight is 345 g/mol. The number of nitrogens with zero attached hydrogens (tertiary/aromatic N) is 1. The molecule has 0 spiro atoms. The number of carbonyl (C=O) groups excluding carboxylic acids is 1. The van der Waals surface area contributed by atoms with Gasteiger partial charge >= 0.3 is 11.8 Å². The number of alkyl carbamates (subject to hydrolysis) is 1. The Kier molecular flexibility index (Phi) is 5.83. The third-order valence-electron chi connectivity index (χ3n) is 3.34. The van der Waals surface area contributed by atoms with Crippen molar-refractivity contribution in [2.45, 2.75) is 38.7 Å². The van der Waals surface area contributed by atoms with Crippen molar-refractivity contribution >= 4 is 11.8 Å². The number of nitrogens with two attached hydrogens (primary N) is 1. The number of benzene rings is 1. The molecule has 0 aromatic heterocycles. The number of ether oxygens (including phenoxy) is 1. The molecule has 0 saturated carbocycles. The van der Waals surface area contributed by atoms with Gasteiger partial charge in [-0.3, -0.25) is 10.1 Å². The molecule has 0 fully saturated rings. The van der Waals surface area contributed by atoms with E-state index in [1.165, 1.54) is 6.92 Å². The molecular formula is C15H21F2N3O4. The van der Waals surface area contributed by atoms with Gasteiger partial charge in [-0.2, -0.15) is 4.39 Å². The fourth-order valence-electron chi connectivity index (χ4n) is 2.08. The second kappa shape index (κ2) is 7.08. The van der Waals surface area contributed by atoms with E-state index in [1.807, 2.05) is 0 Å². The highest BCUT2D eigenvalue weighted by Crippen LogP contribution is 2.32. The molecule has 1 aromatic rings. The smallest absolute Gasteiger partial charge is 0.407 e. The molecule has 24 heavy (non-hydrogen) atoms. The van der Waals surface area contributed by atoms with Gasteiger partial charge in [0.05, 0.1) is 4.92 Å². The molecular weight excluding hydrogens is 324 g/mol. The number of hydrogen-bond acceptors (Lipinski definition) is 5. The molecule has 1 atom stereocenters. The number of carbonyl (C=O) groups is 1. The van der Waals surface area contributed by atoms with Crippen LogP contribution in [-0.2, 0) is 10.2 Å². The molecule has 0 heterocycles. The van der Waals surface area contributed by atoms with Gasteiger partial charge < -0.3 is 15.8 Å². The molecule has 1 unspecified atom stereocenters. The van der Waals surface area contributed by atoms with Crippen LogP contribution in [0.25, 0.3) is 0 Å². The topological polar surface area (TPSA) is 107 Å². The molecule has 134 valence electrons. The second-order valence-electron chi connectivity index (χ2n) is 6.63. The van der Waals surface area contributed by atoms with E-state index in [4.69, 9.17) is 10.5 Å². The van der Waals surface area contributed by atoms with E-state index in [-0.39, 0.29) is 13.1 Å². The van der Waals surface area contributed by atoms with Crippen LogP contribution in [0, 0.1) is 21.7 Å². The summed E-state index contributed by atoms with van der Waals surface area (Å²) in [6, 6.07) is 1.55. The Morgan fingerprint density at radius 3 is 2.38 bits per heavy atom. The quantitative estimate of drug-likeness (QED) is 0.630. The number of hydrogen-bond donors (Lipinski definition) is 2. The minimum absolute atomic E-state index is 0.252. The Morgan fingerprint density at radius 1 is 1.33 bits per heavy atom. The molecule has 0 saturated heterocycles. The van der Waals surface area contributed by atoms with Gasteiger partial charge in [-0.15, -0.1) is 0 Å². The normalized spacial score (nSPS) is 14.0. The van der Waals surface area contributed by atoms with Gasteiger partial charge in [0.2, 0.25) is 5.82 Å². The fraction of sp³-hybridized carbons (Fsp3) is 0.533. The van der Waals surface area contributed by atoms with Gasteiger partial charge in [0.15, 0.2) is 0 Å². The van der Waals surface area contributed by atoms with E-state index < -0.39 is 44.9 Å². The molecule has 0 aliphatic carbocycles. The van der Waals surface area contributed by atoms with Crippen LogP contribution in [-0.4, -0.2) is 29.7 Å². The van der Waals surface area contributed by atoms with E-state index >= 15 is 0 Å². The first kappa shape index (κ1) is 19.8. The zero-order valence-electron chi connectivity index (χ0n) is 14.0. The van der Waals surface area contributed by atoms with Gasteiger partial charge in [0.1, 0.15) is 11.4 Å². The van der Waals surface area contributed by atoms with Crippen molar-refractivity contribution in [1.82, 2.24) is 5.32 Å². The summed E-state index contributed by atoms with van der Waals surface area (Å²) in [7, 11) is 0. The van der Waals surface area contributed by atoms with Gasteiger partial charge in [-0.1, -0.05) is 6.92 Å². The zero-order valence-corrected chi connectivity index (χ0v) is 14.0. The van der Waals surface area contributed by atoms with Crippen molar-refractivity contribution in [3.05, 3.63) is 39.4 Å². The summed E-state index contributed by atoms with van der Waals surface area (Å²) in [5.74, 6) is -2.28. The Morgan fingerprint density at radius 2 is 1.92 bits per heavy atom. The third kappa shape index (κ3) is 4.60. The Labute approximate surface area is 138 Å². The number of nitrogens with one attached hydrogen (secondary N) is 1. The van der Waals surface area contributed by atoms with Gasteiger partial charge in [-0.25, -0.2) is 9.18 Å². The highest BCUT2D eigenvalue weighted by atomic mass is 19.1. The van der Waals surface area contributed by atoms with Crippen molar-refractivity contribution < 1.29 is 23.2 Å². The van der Waals surface area contributed by atoms with Crippen LogP contribution in [0.15, 0.2) is 12.1 Å². The fourth-order valence-corrected chi connectivity index (χ4v) is 2.08.